The summed E-state index contributed by atoms with van der Waals surface area (Å²) in [5.41, 5.74) is 1.61. The van der Waals surface area contributed by atoms with Crippen LogP contribution in [0.15, 0.2) is 12.1 Å². The summed E-state index contributed by atoms with van der Waals surface area (Å²) in [4.78, 5) is 9.03. The Morgan fingerprint density at radius 1 is 1.25 bits per heavy atom. The zero-order valence-electron chi connectivity index (χ0n) is 9.77. The van der Waals surface area contributed by atoms with E-state index in [1.54, 1.807) is 0 Å². The van der Waals surface area contributed by atoms with E-state index in [0.717, 1.165) is 37.7 Å². The van der Waals surface area contributed by atoms with Crippen molar-refractivity contribution in [3.8, 4) is 6.07 Å². The van der Waals surface area contributed by atoms with E-state index in [9.17, 15) is 0 Å². The van der Waals surface area contributed by atoms with E-state index in [2.05, 4.69) is 27.9 Å². The molecule has 1 fully saturated rings. The molecule has 1 aromatic rings. The Labute approximate surface area is 96.1 Å². The lowest BCUT2D eigenvalue weighted by atomic mass is 10.2. The van der Waals surface area contributed by atoms with Gasteiger partial charge in [-0.25, -0.2) is 4.98 Å². The van der Waals surface area contributed by atoms with E-state index < -0.39 is 0 Å². The van der Waals surface area contributed by atoms with Crippen LogP contribution >= 0.6 is 0 Å². The van der Waals surface area contributed by atoms with Crippen LogP contribution in [0.5, 0.6) is 0 Å². The highest BCUT2D eigenvalue weighted by atomic mass is 15.3. The molecule has 0 bridgehead atoms. The highest BCUT2D eigenvalue weighted by Crippen LogP contribution is 2.16. The second-order valence-corrected chi connectivity index (χ2v) is 4.26. The zero-order chi connectivity index (χ0) is 11.5. The molecule has 1 aromatic heterocycles. The van der Waals surface area contributed by atoms with Gasteiger partial charge in [-0.05, 0) is 26.1 Å². The second-order valence-electron chi connectivity index (χ2n) is 4.26. The predicted octanol–water partition coefficient (Wildman–Crippen LogP) is 1.01. The fraction of sp³-hybridized carbons (Fsp3) is 0.500. The van der Waals surface area contributed by atoms with Crippen LogP contribution in [0, 0.1) is 18.3 Å². The minimum absolute atomic E-state index is 0.696. The summed E-state index contributed by atoms with van der Waals surface area (Å²) in [5, 5.41) is 8.92. The first-order chi connectivity index (χ1) is 7.69. The van der Waals surface area contributed by atoms with Crippen LogP contribution in [-0.4, -0.2) is 43.1 Å². The summed E-state index contributed by atoms with van der Waals surface area (Å²) in [6.07, 6.45) is 0. The van der Waals surface area contributed by atoms with Gasteiger partial charge in [0.25, 0.3) is 0 Å². The second kappa shape index (κ2) is 4.50. The number of pyridine rings is 1. The molecular formula is C12H16N4. The molecule has 4 nitrogen and oxygen atoms in total. The van der Waals surface area contributed by atoms with Crippen molar-refractivity contribution < 1.29 is 0 Å². The lowest BCUT2D eigenvalue weighted by Crippen LogP contribution is -2.44. The molecule has 0 N–H and O–H groups in total. The molecule has 0 aromatic carbocycles. The molecule has 0 amide bonds. The summed E-state index contributed by atoms with van der Waals surface area (Å²) < 4.78 is 0. The first-order valence-corrected chi connectivity index (χ1v) is 5.51. The normalized spacial score (nSPS) is 17.2. The molecule has 4 heteroatoms. The first-order valence-electron chi connectivity index (χ1n) is 5.51. The van der Waals surface area contributed by atoms with E-state index in [1.807, 2.05) is 19.1 Å². The van der Waals surface area contributed by atoms with E-state index in [1.165, 1.54) is 0 Å². The van der Waals surface area contributed by atoms with Crippen LogP contribution < -0.4 is 4.90 Å². The number of aromatic nitrogens is 1. The van der Waals surface area contributed by atoms with Gasteiger partial charge in [-0.2, -0.15) is 5.26 Å². The highest BCUT2D eigenvalue weighted by molar-refractivity contribution is 5.46. The molecule has 0 unspecified atom stereocenters. The van der Waals surface area contributed by atoms with Crippen molar-refractivity contribution in [3.05, 3.63) is 23.4 Å². The Balaban J connectivity index is 2.20. The first kappa shape index (κ1) is 10.9. The number of aryl methyl sites for hydroxylation is 1. The molecule has 0 spiro atoms. The molecular weight excluding hydrogens is 200 g/mol. The maximum atomic E-state index is 8.92. The number of nitrogens with zero attached hydrogens (tertiary/aromatic N) is 4. The molecule has 2 rings (SSSR count). The van der Waals surface area contributed by atoms with E-state index in [-0.39, 0.29) is 0 Å². The summed E-state index contributed by atoms with van der Waals surface area (Å²) in [5.74, 6) is 0.935. The number of likely N-dealkylation sites (N-methyl/N-ethyl adjacent to an activating group) is 1. The van der Waals surface area contributed by atoms with Gasteiger partial charge in [0.05, 0.1) is 11.6 Å². The van der Waals surface area contributed by atoms with Crippen molar-refractivity contribution in [2.75, 3.05) is 38.1 Å². The Kier molecular flexibility index (Phi) is 3.07. The molecule has 0 radical (unpaired) electrons. The molecule has 1 saturated heterocycles. The molecule has 0 atom stereocenters. The van der Waals surface area contributed by atoms with Crippen LogP contribution in [0.2, 0.25) is 0 Å². The van der Waals surface area contributed by atoms with Crippen LogP contribution in [0.3, 0.4) is 0 Å². The number of piperazine rings is 1. The third-order valence-electron chi connectivity index (χ3n) is 2.90. The smallest absolute Gasteiger partial charge is 0.130 e. The summed E-state index contributed by atoms with van der Waals surface area (Å²) in [6.45, 7) is 6.01. The van der Waals surface area contributed by atoms with Crippen LogP contribution in [-0.2, 0) is 0 Å². The number of anilines is 1. The third-order valence-corrected chi connectivity index (χ3v) is 2.90. The minimum Gasteiger partial charge on any atom is -0.354 e. The maximum absolute atomic E-state index is 8.92. The average Bonchev–Trinajstić information content (AvgIpc) is 2.29. The Hall–Kier alpha value is -1.60. The molecule has 0 saturated carbocycles. The zero-order valence-corrected chi connectivity index (χ0v) is 9.77. The van der Waals surface area contributed by atoms with E-state index in [0.29, 0.717) is 5.56 Å². The summed E-state index contributed by atoms with van der Waals surface area (Å²) in [6, 6.07) is 5.87. The van der Waals surface area contributed by atoms with Gasteiger partial charge in [0.2, 0.25) is 0 Å². The van der Waals surface area contributed by atoms with Gasteiger partial charge in [-0.3, -0.25) is 0 Å². The van der Waals surface area contributed by atoms with Gasteiger partial charge in [-0.1, -0.05) is 0 Å². The average molecular weight is 216 g/mol. The van der Waals surface area contributed by atoms with Gasteiger partial charge in [0, 0.05) is 31.9 Å². The maximum Gasteiger partial charge on any atom is 0.130 e. The SMILES string of the molecule is Cc1cc(C#N)cc(N2CCN(C)CC2)n1. The number of hydrogen-bond donors (Lipinski definition) is 0. The summed E-state index contributed by atoms with van der Waals surface area (Å²) >= 11 is 0. The molecule has 1 aliphatic heterocycles. The number of nitriles is 1. The topological polar surface area (TPSA) is 43.2 Å². The fourth-order valence-corrected chi connectivity index (χ4v) is 1.91. The predicted molar refractivity (Wildman–Crippen MR) is 63.4 cm³/mol. The molecule has 2 heterocycles. The lowest BCUT2D eigenvalue weighted by Gasteiger charge is -2.33. The van der Waals surface area contributed by atoms with Gasteiger partial charge in [-0.15, -0.1) is 0 Å². The van der Waals surface area contributed by atoms with E-state index >= 15 is 0 Å². The molecule has 16 heavy (non-hydrogen) atoms. The highest BCUT2D eigenvalue weighted by Gasteiger charge is 2.15. The Morgan fingerprint density at radius 3 is 2.56 bits per heavy atom. The van der Waals surface area contributed by atoms with Crippen LogP contribution in [0.25, 0.3) is 0 Å². The van der Waals surface area contributed by atoms with Crippen molar-refractivity contribution in [2.24, 2.45) is 0 Å². The monoisotopic (exact) mass is 216 g/mol. The Bertz CT molecular complexity index is 414. The third kappa shape index (κ3) is 2.31. The van der Waals surface area contributed by atoms with Crippen LogP contribution in [0.1, 0.15) is 11.3 Å². The minimum atomic E-state index is 0.696. The standard InChI is InChI=1S/C12H16N4/c1-10-7-11(9-13)8-12(14-10)16-5-3-15(2)4-6-16/h7-8H,3-6H2,1-2H3. The van der Waals surface area contributed by atoms with Crippen LogP contribution in [0.4, 0.5) is 5.82 Å². The quantitative estimate of drug-likeness (QED) is 0.703. The lowest BCUT2D eigenvalue weighted by molar-refractivity contribution is 0.312. The van der Waals surface area contributed by atoms with Crippen molar-refractivity contribution in [1.82, 2.24) is 9.88 Å². The van der Waals surface area contributed by atoms with Gasteiger partial charge < -0.3 is 9.80 Å². The van der Waals surface area contributed by atoms with Crippen molar-refractivity contribution >= 4 is 5.82 Å². The number of hydrogen-bond acceptors (Lipinski definition) is 4. The number of rotatable bonds is 1. The van der Waals surface area contributed by atoms with E-state index in [4.69, 9.17) is 5.26 Å². The van der Waals surface area contributed by atoms with Gasteiger partial charge >= 0.3 is 0 Å². The molecule has 0 aliphatic carbocycles. The van der Waals surface area contributed by atoms with Gasteiger partial charge in [0.15, 0.2) is 0 Å². The largest absolute Gasteiger partial charge is 0.354 e. The Morgan fingerprint density at radius 2 is 1.94 bits per heavy atom. The summed E-state index contributed by atoms with van der Waals surface area (Å²) in [7, 11) is 2.13. The fourth-order valence-electron chi connectivity index (χ4n) is 1.91. The van der Waals surface area contributed by atoms with Gasteiger partial charge in [0.1, 0.15) is 5.82 Å². The molecule has 1 aliphatic rings. The van der Waals surface area contributed by atoms with Crippen molar-refractivity contribution in [3.63, 3.8) is 0 Å². The van der Waals surface area contributed by atoms with Crippen molar-refractivity contribution in [1.29, 1.82) is 5.26 Å². The van der Waals surface area contributed by atoms with Crippen molar-refractivity contribution in [2.45, 2.75) is 6.92 Å². The molecule has 84 valence electrons.